The standard InChI is InChI=1S/C26H26ClFN4O5S/c1-2-38(36,37)31-18-13-21(26(35)29-17-8-6-16(27)7-9-17)23(14-18)30-25(34)20-11-10-19(15-22(20)28)32-12-4-3-5-24(32)33/h3-12,15,18,21,23,31H,2,13-14H2,1H3,(H,29,35)(H,30,34). The first-order valence-electron chi connectivity index (χ1n) is 11.9. The molecule has 3 unspecified atom stereocenters. The van der Waals surface area contributed by atoms with Crippen LogP contribution in [0.4, 0.5) is 10.1 Å². The number of benzene rings is 2. The lowest BCUT2D eigenvalue weighted by Crippen LogP contribution is -2.42. The zero-order valence-electron chi connectivity index (χ0n) is 20.4. The van der Waals surface area contributed by atoms with Crippen LogP contribution in [0.2, 0.25) is 5.02 Å². The van der Waals surface area contributed by atoms with Gasteiger partial charge in [0.25, 0.3) is 11.5 Å². The maximum Gasteiger partial charge on any atom is 0.255 e. The summed E-state index contributed by atoms with van der Waals surface area (Å²) in [6, 6.07) is 13.4. The highest BCUT2D eigenvalue weighted by atomic mass is 35.5. The van der Waals surface area contributed by atoms with Crippen LogP contribution >= 0.6 is 11.6 Å². The molecule has 1 saturated carbocycles. The number of pyridine rings is 1. The summed E-state index contributed by atoms with van der Waals surface area (Å²) in [5.41, 5.74) is 0.108. The highest BCUT2D eigenvalue weighted by Gasteiger charge is 2.41. The fourth-order valence-corrected chi connectivity index (χ4v) is 5.41. The SMILES string of the molecule is CCS(=O)(=O)NC1CC(NC(=O)c2ccc(-n3ccccc3=O)cc2F)C(C(=O)Nc2ccc(Cl)cc2)C1. The first kappa shape index (κ1) is 27.5. The van der Waals surface area contributed by atoms with E-state index in [0.717, 1.165) is 6.07 Å². The van der Waals surface area contributed by atoms with Crippen molar-refractivity contribution in [2.75, 3.05) is 11.1 Å². The Morgan fingerprint density at radius 3 is 2.47 bits per heavy atom. The van der Waals surface area contributed by atoms with Crippen LogP contribution in [0.25, 0.3) is 5.69 Å². The lowest BCUT2D eigenvalue weighted by atomic mass is 10.0. The van der Waals surface area contributed by atoms with Crippen molar-refractivity contribution >= 4 is 39.1 Å². The molecular weight excluding hydrogens is 535 g/mol. The van der Waals surface area contributed by atoms with Gasteiger partial charge in [-0.2, -0.15) is 0 Å². The number of hydrogen-bond donors (Lipinski definition) is 3. The summed E-state index contributed by atoms with van der Waals surface area (Å²) in [6.07, 6.45) is 1.77. The predicted molar refractivity (Wildman–Crippen MR) is 142 cm³/mol. The van der Waals surface area contributed by atoms with Gasteiger partial charge in [-0.15, -0.1) is 0 Å². The number of aromatic nitrogens is 1. The molecule has 1 heterocycles. The Balaban J connectivity index is 1.54. The normalized spacial score (nSPS) is 19.2. The number of anilines is 1. The van der Waals surface area contributed by atoms with E-state index < -0.39 is 45.7 Å². The molecule has 1 aromatic heterocycles. The minimum absolute atomic E-state index is 0.135. The largest absolute Gasteiger partial charge is 0.348 e. The van der Waals surface area contributed by atoms with Crippen molar-refractivity contribution in [2.45, 2.75) is 31.8 Å². The molecule has 38 heavy (non-hydrogen) atoms. The van der Waals surface area contributed by atoms with Crippen LogP contribution in [-0.4, -0.2) is 42.6 Å². The van der Waals surface area contributed by atoms with Crippen LogP contribution < -0.4 is 20.9 Å². The van der Waals surface area contributed by atoms with Crippen LogP contribution in [0.3, 0.4) is 0 Å². The van der Waals surface area contributed by atoms with Crippen LogP contribution in [0, 0.1) is 11.7 Å². The summed E-state index contributed by atoms with van der Waals surface area (Å²) >= 11 is 5.90. The number of rotatable bonds is 8. The van der Waals surface area contributed by atoms with Gasteiger partial charge in [0.1, 0.15) is 5.82 Å². The van der Waals surface area contributed by atoms with Gasteiger partial charge in [-0.1, -0.05) is 17.7 Å². The van der Waals surface area contributed by atoms with E-state index >= 15 is 0 Å². The second-order valence-electron chi connectivity index (χ2n) is 8.95. The minimum atomic E-state index is -3.56. The van der Waals surface area contributed by atoms with Gasteiger partial charge in [-0.3, -0.25) is 19.0 Å². The molecule has 1 aliphatic carbocycles. The summed E-state index contributed by atoms with van der Waals surface area (Å²) in [4.78, 5) is 38.2. The minimum Gasteiger partial charge on any atom is -0.348 e. The van der Waals surface area contributed by atoms with Crippen LogP contribution in [-0.2, 0) is 14.8 Å². The molecule has 12 heteroatoms. The molecule has 0 aliphatic heterocycles. The molecule has 200 valence electrons. The number of nitrogens with one attached hydrogen (secondary N) is 3. The van der Waals surface area contributed by atoms with Crippen molar-refractivity contribution in [1.29, 1.82) is 0 Å². The zero-order chi connectivity index (χ0) is 27.4. The van der Waals surface area contributed by atoms with E-state index in [1.54, 1.807) is 36.4 Å². The van der Waals surface area contributed by atoms with Gasteiger partial charge in [0, 0.05) is 35.1 Å². The van der Waals surface area contributed by atoms with Gasteiger partial charge in [0.15, 0.2) is 0 Å². The molecule has 2 amide bonds. The smallest absolute Gasteiger partial charge is 0.255 e. The van der Waals surface area contributed by atoms with Gasteiger partial charge >= 0.3 is 0 Å². The summed E-state index contributed by atoms with van der Waals surface area (Å²) < 4.78 is 43.0. The number of halogens is 2. The third-order valence-corrected chi connectivity index (χ3v) is 8.06. The van der Waals surface area contributed by atoms with Crippen molar-refractivity contribution in [1.82, 2.24) is 14.6 Å². The van der Waals surface area contributed by atoms with Gasteiger partial charge in [0.05, 0.1) is 22.9 Å². The molecule has 1 fully saturated rings. The molecule has 3 aromatic rings. The Morgan fingerprint density at radius 1 is 1.08 bits per heavy atom. The fourth-order valence-electron chi connectivity index (χ4n) is 4.41. The lowest BCUT2D eigenvalue weighted by Gasteiger charge is -2.21. The molecule has 0 bridgehead atoms. The predicted octanol–water partition coefficient (Wildman–Crippen LogP) is 3.09. The number of nitrogens with zero attached hydrogens (tertiary/aromatic N) is 1. The van der Waals surface area contributed by atoms with Crippen LogP contribution in [0.5, 0.6) is 0 Å². The number of carbonyl (C=O) groups is 2. The van der Waals surface area contributed by atoms with Crippen molar-refractivity contribution in [3.05, 3.63) is 93.6 Å². The molecule has 1 aliphatic rings. The van der Waals surface area contributed by atoms with Crippen LogP contribution in [0.1, 0.15) is 30.1 Å². The molecule has 0 saturated heterocycles. The average molecular weight is 561 g/mol. The van der Waals surface area contributed by atoms with E-state index in [2.05, 4.69) is 15.4 Å². The molecule has 3 N–H and O–H groups in total. The summed E-state index contributed by atoms with van der Waals surface area (Å²) in [5, 5.41) is 5.96. The van der Waals surface area contributed by atoms with Crippen LogP contribution in [0.15, 0.2) is 71.7 Å². The fraction of sp³-hybridized carbons (Fsp3) is 0.269. The first-order chi connectivity index (χ1) is 18.1. The topological polar surface area (TPSA) is 126 Å². The second-order valence-corrected chi connectivity index (χ2v) is 11.4. The molecule has 9 nitrogen and oxygen atoms in total. The van der Waals surface area contributed by atoms with Gasteiger partial charge in [-0.25, -0.2) is 17.5 Å². The van der Waals surface area contributed by atoms with E-state index in [1.807, 2.05) is 0 Å². The molecule has 4 rings (SSSR count). The van der Waals surface area contributed by atoms with E-state index in [4.69, 9.17) is 11.6 Å². The van der Waals surface area contributed by atoms with Crippen molar-refractivity contribution in [2.24, 2.45) is 5.92 Å². The number of sulfonamides is 1. The maximum atomic E-state index is 15.0. The Hall–Kier alpha value is -3.54. The maximum absolute atomic E-state index is 15.0. The Morgan fingerprint density at radius 2 is 1.82 bits per heavy atom. The number of amides is 2. The highest BCUT2D eigenvalue weighted by molar-refractivity contribution is 7.89. The molecule has 0 spiro atoms. The average Bonchev–Trinajstić information content (AvgIpc) is 3.26. The van der Waals surface area contributed by atoms with Crippen molar-refractivity contribution < 1.29 is 22.4 Å². The summed E-state index contributed by atoms with van der Waals surface area (Å²) in [6.45, 7) is 1.50. The Kier molecular flexibility index (Phi) is 8.29. The number of carbonyl (C=O) groups excluding carboxylic acids is 2. The van der Waals surface area contributed by atoms with Gasteiger partial charge in [0.2, 0.25) is 15.9 Å². The first-order valence-corrected chi connectivity index (χ1v) is 13.9. The highest BCUT2D eigenvalue weighted by Crippen LogP contribution is 2.29. The Bertz CT molecular complexity index is 1510. The second kappa shape index (κ2) is 11.5. The van der Waals surface area contributed by atoms with Gasteiger partial charge in [-0.05, 0) is 68.3 Å². The molecule has 0 radical (unpaired) electrons. The van der Waals surface area contributed by atoms with E-state index in [9.17, 15) is 27.2 Å². The zero-order valence-corrected chi connectivity index (χ0v) is 21.9. The van der Waals surface area contributed by atoms with E-state index in [0.29, 0.717) is 10.7 Å². The third-order valence-electron chi connectivity index (χ3n) is 6.35. The summed E-state index contributed by atoms with van der Waals surface area (Å²) in [7, 11) is -3.56. The molecular formula is C26H26ClFN4O5S. The monoisotopic (exact) mass is 560 g/mol. The van der Waals surface area contributed by atoms with E-state index in [-0.39, 0.29) is 35.4 Å². The quantitative estimate of drug-likeness (QED) is 0.390. The van der Waals surface area contributed by atoms with Crippen molar-refractivity contribution in [3.63, 3.8) is 0 Å². The van der Waals surface area contributed by atoms with Gasteiger partial charge < -0.3 is 10.6 Å². The Labute approximate surface area is 224 Å². The molecule has 3 atom stereocenters. The number of hydrogen-bond acceptors (Lipinski definition) is 5. The lowest BCUT2D eigenvalue weighted by molar-refractivity contribution is -0.120. The molecule has 2 aromatic carbocycles. The van der Waals surface area contributed by atoms with E-state index in [1.165, 1.54) is 35.9 Å². The van der Waals surface area contributed by atoms with Crippen molar-refractivity contribution in [3.8, 4) is 5.69 Å². The summed E-state index contributed by atoms with van der Waals surface area (Å²) in [5.74, 6) is -2.95. The third kappa shape index (κ3) is 6.47.